The molecule has 3 aromatic rings. The van der Waals surface area contributed by atoms with Gasteiger partial charge >= 0.3 is 0 Å². The van der Waals surface area contributed by atoms with Gasteiger partial charge in [0.05, 0.1) is 11.6 Å². The lowest BCUT2D eigenvalue weighted by Crippen LogP contribution is -2.14. The number of pyridine rings is 1. The first-order chi connectivity index (χ1) is 9.66. The van der Waals surface area contributed by atoms with E-state index in [1.54, 1.807) is 6.20 Å². The Bertz CT molecular complexity index is 768. The Morgan fingerprint density at radius 2 is 1.85 bits per heavy atom. The van der Waals surface area contributed by atoms with Gasteiger partial charge in [-0.15, -0.1) is 0 Å². The summed E-state index contributed by atoms with van der Waals surface area (Å²) in [6.45, 7) is 0. The topological polar surface area (TPSA) is 38.9 Å². The van der Waals surface area contributed by atoms with Gasteiger partial charge in [0, 0.05) is 20.2 Å². The third kappa shape index (κ3) is 2.53. The Morgan fingerprint density at radius 1 is 1.05 bits per heavy atom. The third-order valence-corrected chi connectivity index (χ3v) is 4.51. The van der Waals surface area contributed by atoms with Crippen molar-refractivity contribution in [3.63, 3.8) is 0 Å². The van der Waals surface area contributed by atoms with Crippen LogP contribution in [0.15, 0.2) is 54.7 Å². The van der Waals surface area contributed by atoms with E-state index in [0.29, 0.717) is 5.02 Å². The first kappa shape index (κ1) is 13.8. The highest BCUT2D eigenvalue weighted by atomic mass is 127. The average Bonchev–Trinajstić information content (AvgIpc) is 2.48. The van der Waals surface area contributed by atoms with Crippen molar-refractivity contribution < 1.29 is 0 Å². The van der Waals surface area contributed by atoms with Crippen molar-refractivity contribution in [2.45, 2.75) is 6.04 Å². The maximum atomic E-state index is 6.45. The summed E-state index contributed by atoms with van der Waals surface area (Å²) >= 11 is 8.38. The second kappa shape index (κ2) is 5.68. The molecule has 20 heavy (non-hydrogen) atoms. The molecular formula is C16H12ClIN2. The van der Waals surface area contributed by atoms with Gasteiger partial charge in [0.2, 0.25) is 0 Å². The molecule has 4 heteroatoms. The van der Waals surface area contributed by atoms with Crippen LogP contribution >= 0.6 is 34.2 Å². The molecule has 0 bridgehead atoms. The minimum Gasteiger partial charge on any atom is -0.320 e. The smallest absolute Gasteiger partial charge is 0.0753 e. The van der Waals surface area contributed by atoms with Gasteiger partial charge in [0.15, 0.2) is 0 Å². The molecule has 1 heterocycles. The molecule has 3 rings (SSSR count). The predicted octanol–water partition coefficient (Wildman–Crippen LogP) is 4.54. The molecule has 1 atom stereocenters. The number of halogens is 2. The summed E-state index contributed by atoms with van der Waals surface area (Å²) in [6, 6.07) is 15.6. The number of para-hydroxylation sites is 1. The van der Waals surface area contributed by atoms with Crippen LogP contribution in [0.3, 0.4) is 0 Å². The minimum atomic E-state index is -0.237. The maximum absolute atomic E-state index is 6.45. The van der Waals surface area contributed by atoms with Crippen LogP contribution in [0, 0.1) is 3.57 Å². The molecule has 0 aliphatic heterocycles. The molecule has 1 unspecified atom stereocenters. The van der Waals surface area contributed by atoms with E-state index in [1.165, 1.54) is 0 Å². The summed E-state index contributed by atoms with van der Waals surface area (Å²) < 4.78 is 1.10. The molecule has 0 spiro atoms. The van der Waals surface area contributed by atoms with Gasteiger partial charge in [-0.1, -0.05) is 35.9 Å². The number of rotatable bonds is 2. The second-order valence-electron chi connectivity index (χ2n) is 4.57. The highest BCUT2D eigenvalue weighted by molar-refractivity contribution is 14.1. The van der Waals surface area contributed by atoms with E-state index in [9.17, 15) is 0 Å². The number of nitrogens with zero attached hydrogens (tertiary/aromatic N) is 1. The molecule has 0 aliphatic carbocycles. The first-order valence-corrected chi connectivity index (χ1v) is 7.66. The van der Waals surface area contributed by atoms with Crippen molar-refractivity contribution in [1.29, 1.82) is 0 Å². The van der Waals surface area contributed by atoms with Crippen LogP contribution in [0.25, 0.3) is 10.9 Å². The van der Waals surface area contributed by atoms with Crippen molar-refractivity contribution in [2.24, 2.45) is 5.73 Å². The van der Waals surface area contributed by atoms with Gasteiger partial charge in [0.1, 0.15) is 0 Å². The van der Waals surface area contributed by atoms with Crippen molar-refractivity contribution >= 4 is 45.1 Å². The molecule has 0 amide bonds. The fourth-order valence-corrected chi connectivity index (χ4v) is 3.15. The Labute approximate surface area is 136 Å². The van der Waals surface area contributed by atoms with E-state index in [4.69, 9.17) is 17.3 Å². The average molecular weight is 395 g/mol. The molecule has 0 fully saturated rings. The van der Waals surface area contributed by atoms with Crippen molar-refractivity contribution in [2.75, 3.05) is 0 Å². The summed E-state index contributed by atoms with van der Waals surface area (Å²) in [5, 5.41) is 1.79. The van der Waals surface area contributed by atoms with E-state index in [2.05, 4.69) is 27.6 Å². The van der Waals surface area contributed by atoms with Gasteiger partial charge < -0.3 is 5.73 Å². The number of nitrogens with two attached hydrogens (primary N) is 1. The molecule has 0 saturated heterocycles. The largest absolute Gasteiger partial charge is 0.320 e. The van der Waals surface area contributed by atoms with Crippen molar-refractivity contribution in [1.82, 2.24) is 4.98 Å². The second-order valence-corrected chi connectivity index (χ2v) is 6.16. The van der Waals surface area contributed by atoms with Crippen LogP contribution in [0.2, 0.25) is 5.02 Å². The van der Waals surface area contributed by atoms with Gasteiger partial charge in [-0.3, -0.25) is 4.98 Å². The van der Waals surface area contributed by atoms with Gasteiger partial charge in [-0.25, -0.2) is 0 Å². The van der Waals surface area contributed by atoms with E-state index in [1.807, 2.05) is 48.5 Å². The lowest BCUT2D eigenvalue weighted by molar-refractivity contribution is 0.871. The van der Waals surface area contributed by atoms with Crippen LogP contribution in [-0.2, 0) is 0 Å². The SMILES string of the molecule is NC(c1cc(Cl)ccc1I)c1cccc2cccnc12. The molecule has 0 radical (unpaired) electrons. The number of hydrogen-bond donors (Lipinski definition) is 1. The zero-order chi connectivity index (χ0) is 14.1. The summed E-state index contributed by atoms with van der Waals surface area (Å²) in [7, 11) is 0. The highest BCUT2D eigenvalue weighted by Gasteiger charge is 2.15. The lowest BCUT2D eigenvalue weighted by atomic mass is 9.97. The van der Waals surface area contributed by atoms with Crippen LogP contribution in [0.4, 0.5) is 0 Å². The fraction of sp³-hybridized carbons (Fsp3) is 0.0625. The monoisotopic (exact) mass is 394 g/mol. The Morgan fingerprint density at radius 3 is 2.70 bits per heavy atom. The Hall–Kier alpha value is -1.17. The highest BCUT2D eigenvalue weighted by Crippen LogP contribution is 2.30. The lowest BCUT2D eigenvalue weighted by Gasteiger charge is -2.16. The number of hydrogen-bond acceptors (Lipinski definition) is 2. The van der Waals surface area contributed by atoms with Crippen LogP contribution in [0.1, 0.15) is 17.2 Å². The fourth-order valence-electron chi connectivity index (χ4n) is 2.30. The molecule has 0 aliphatic rings. The summed E-state index contributed by atoms with van der Waals surface area (Å²) in [5.41, 5.74) is 9.43. The molecule has 100 valence electrons. The van der Waals surface area contributed by atoms with Gasteiger partial charge in [-0.05, 0) is 58.0 Å². The summed E-state index contributed by atoms with van der Waals surface area (Å²) in [5.74, 6) is 0. The molecule has 2 nitrogen and oxygen atoms in total. The third-order valence-electron chi connectivity index (χ3n) is 3.29. The van der Waals surface area contributed by atoms with Gasteiger partial charge in [-0.2, -0.15) is 0 Å². The predicted molar refractivity (Wildman–Crippen MR) is 91.9 cm³/mol. The Balaban J connectivity index is 2.17. The van der Waals surface area contributed by atoms with Crippen LogP contribution < -0.4 is 5.73 Å². The first-order valence-electron chi connectivity index (χ1n) is 6.21. The standard InChI is InChI=1S/C16H12ClIN2/c17-11-6-7-14(18)13(9-11)15(19)12-5-1-3-10-4-2-8-20-16(10)12/h1-9,15H,19H2. The van der Waals surface area contributed by atoms with Crippen LogP contribution in [-0.4, -0.2) is 4.98 Å². The van der Waals surface area contributed by atoms with E-state index < -0.39 is 0 Å². The van der Waals surface area contributed by atoms with Gasteiger partial charge in [0.25, 0.3) is 0 Å². The normalized spacial score (nSPS) is 12.6. The number of fused-ring (bicyclic) bond motifs is 1. The Kier molecular flexibility index (Phi) is 3.92. The summed E-state index contributed by atoms with van der Waals surface area (Å²) in [4.78, 5) is 4.46. The van der Waals surface area contributed by atoms with Crippen molar-refractivity contribution in [3.05, 3.63) is 74.4 Å². The zero-order valence-electron chi connectivity index (χ0n) is 10.6. The zero-order valence-corrected chi connectivity index (χ0v) is 13.5. The molecule has 0 saturated carbocycles. The number of benzene rings is 2. The quantitative estimate of drug-likeness (QED) is 0.648. The van der Waals surface area contributed by atoms with E-state index in [-0.39, 0.29) is 6.04 Å². The molecule has 1 aromatic heterocycles. The molecule has 2 N–H and O–H groups in total. The minimum absolute atomic E-state index is 0.237. The molecular weight excluding hydrogens is 383 g/mol. The van der Waals surface area contributed by atoms with Crippen molar-refractivity contribution in [3.8, 4) is 0 Å². The van der Waals surface area contributed by atoms with E-state index in [0.717, 1.165) is 25.6 Å². The van der Waals surface area contributed by atoms with E-state index >= 15 is 0 Å². The summed E-state index contributed by atoms with van der Waals surface area (Å²) in [6.07, 6.45) is 1.79. The maximum Gasteiger partial charge on any atom is 0.0753 e. The van der Waals surface area contributed by atoms with Crippen LogP contribution in [0.5, 0.6) is 0 Å². The number of aromatic nitrogens is 1. The molecule has 2 aromatic carbocycles.